The molecule has 19 heavy (non-hydrogen) atoms. The molecule has 0 spiro atoms. The van der Waals surface area contributed by atoms with Gasteiger partial charge in [-0.2, -0.15) is 0 Å². The molecule has 0 unspecified atom stereocenters. The maximum atomic E-state index is 12.0. The minimum absolute atomic E-state index is 0.0675. The average Bonchev–Trinajstić information content (AvgIpc) is 3.18. The van der Waals surface area contributed by atoms with Gasteiger partial charge in [-0.25, -0.2) is 0 Å². The minimum atomic E-state index is -0.547. The highest BCUT2D eigenvalue weighted by molar-refractivity contribution is 5.97. The Kier molecular flexibility index (Phi) is 3.71. The molecule has 1 aliphatic rings. The summed E-state index contributed by atoms with van der Waals surface area (Å²) < 4.78 is 5.17. The second kappa shape index (κ2) is 5.27. The highest BCUT2D eigenvalue weighted by atomic mass is 16.5. The van der Waals surface area contributed by atoms with Gasteiger partial charge in [0.25, 0.3) is 5.91 Å². The molecule has 0 bridgehead atoms. The maximum Gasteiger partial charge on any atom is 0.255 e. The largest absolute Gasteiger partial charge is 0.484 e. The summed E-state index contributed by atoms with van der Waals surface area (Å²) in [7, 11) is 0. The fourth-order valence-electron chi connectivity index (χ4n) is 1.76. The predicted octanol–water partition coefficient (Wildman–Crippen LogP) is 0.228. The van der Waals surface area contributed by atoms with Crippen molar-refractivity contribution in [2.45, 2.75) is 12.8 Å². The average molecular weight is 263 g/mol. The lowest BCUT2D eigenvalue weighted by molar-refractivity contribution is -0.121. The van der Waals surface area contributed by atoms with Crippen molar-refractivity contribution in [2.75, 3.05) is 18.5 Å². The lowest BCUT2D eigenvalue weighted by atomic mass is 10.1. The van der Waals surface area contributed by atoms with Crippen LogP contribution in [0, 0.1) is 5.41 Å². The van der Waals surface area contributed by atoms with Crippen LogP contribution in [0.4, 0.5) is 5.69 Å². The smallest absolute Gasteiger partial charge is 0.255 e. The second-order valence-electron chi connectivity index (χ2n) is 4.72. The summed E-state index contributed by atoms with van der Waals surface area (Å²) >= 11 is 0. The van der Waals surface area contributed by atoms with Crippen LogP contribution in [-0.4, -0.2) is 25.0 Å². The molecule has 6 heteroatoms. The van der Waals surface area contributed by atoms with E-state index in [9.17, 15) is 9.59 Å². The number of hydrogen-bond donors (Lipinski definition) is 3. The first-order chi connectivity index (χ1) is 9.05. The normalized spacial score (nSPS) is 15.6. The third-order valence-electron chi connectivity index (χ3n) is 3.20. The molecule has 0 atom stereocenters. The summed E-state index contributed by atoms with van der Waals surface area (Å²) in [6.07, 6.45) is 1.65. The van der Waals surface area contributed by atoms with Crippen LogP contribution in [0.25, 0.3) is 0 Å². The Labute approximate surface area is 111 Å². The highest BCUT2D eigenvalue weighted by Gasteiger charge is 2.48. The van der Waals surface area contributed by atoms with E-state index in [2.05, 4.69) is 5.32 Å². The van der Waals surface area contributed by atoms with Crippen LogP contribution in [0.3, 0.4) is 0 Å². The van der Waals surface area contributed by atoms with Gasteiger partial charge < -0.3 is 21.5 Å². The number of rotatable bonds is 6. The monoisotopic (exact) mass is 263 g/mol. The molecule has 0 aromatic heterocycles. The summed E-state index contributed by atoms with van der Waals surface area (Å²) in [5.74, 6) is -0.134. The quantitative estimate of drug-likeness (QED) is 0.682. The van der Waals surface area contributed by atoms with Crippen molar-refractivity contribution in [1.82, 2.24) is 0 Å². The van der Waals surface area contributed by atoms with E-state index < -0.39 is 11.3 Å². The topological polar surface area (TPSA) is 107 Å². The van der Waals surface area contributed by atoms with Gasteiger partial charge in [-0.3, -0.25) is 9.59 Å². The van der Waals surface area contributed by atoms with Gasteiger partial charge in [0.1, 0.15) is 5.75 Å². The maximum absolute atomic E-state index is 12.0. The van der Waals surface area contributed by atoms with Crippen LogP contribution in [-0.2, 0) is 9.59 Å². The first kappa shape index (κ1) is 13.4. The molecule has 1 saturated carbocycles. The highest BCUT2D eigenvalue weighted by Crippen LogP contribution is 2.45. The lowest BCUT2D eigenvalue weighted by Gasteiger charge is -2.13. The standard InChI is InChI=1S/C13H17N3O3/c14-8-13(4-5-13)12(18)16-9-2-1-3-10(6-9)19-7-11(15)17/h1-3,6H,4-5,7-8,14H2,(H2,15,17)(H,16,18). The van der Waals surface area contributed by atoms with Crippen LogP contribution in [0.1, 0.15) is 12.8 Å². The van der Waals surface area contributed by atoms with E-state index in [1.165, 1.54) is 0 Å². The first-order valence-corrected chi connectivity index (χ1v) is 6.08. The molecule has 2 amide bonds. The summed E-state index contributed by atoms with van der Waals surface area (Å²) in [5.41, 5.74) is 10.8. The number of amides is 2. The number of hydrogen-bond acceptors (Lipinski definition) is 4. The zero-order chi connectivity index (χ0) is 13.9. The van der Waals surface area contributed by atoms with Crippen LogP contribution in [0.5, 0.6) is 5.75 Å². The summed E-state index contributed by atoms with van der Waals surface area (Å²) in [6, 6.07) is 6.82. The molecule has 0 saturated heterocycles. The fourth-order valence-corrected chi connectivity index (χ4v) is 1.76. The van der Waals surface area contributed by atoms with Gasteiger partial charge >= 0.3 is 0 Å². The van der Waals surface area contributed by atoms with Crippen molar-refractivity contribution in [3.05, 3.63) is 24.3 Å². The predicted molar refractivity (Wildman–Crippen MR) is 70.5 cm³/mol. The Hall–Kier alpha value is -2.08. The van der Waals surface area contributed by atoms with Gasteiger partial charge in [-0.05, 0) is 25.0 Å². The number of ether oxygens (including phenoxy) is 1. The molecule has 5 N–H and O–H groups in total. The number of nitrogens with two attached hydrogens (primary N) is 2. The van der Waals surface area contributed by atoms with E-state index in [1.807, 2.05) is 0 Å². The number of anilines is 1. The number of nitrogens with one attached hydrogen (secondary N) is 1. The number of carbonyl (C=O) groups is 2. The molecular weight excluding hydrogens is 246 g/mol. The van der Waals surface area contributed by atoms with E-state index >= 15 is 0 Å². The zero-order valence-electron chi connectivity index (χ0n) is 10.5. The molecule has 1 aromatic carbocycles. The number of carbonyl (C=O) groups excluding carboxylic acids is 2. The van der Waals surface area contributed by atoms with E-state index in [-0.39, 0.29) is 12.5 Å². The summed E-state index contributed by atoms with van der Waals surface area (Å²) in [4.78, 5) is 22.6. The van der Waals surface area contributed by atoms with E-state index in [4.69, 9.17) is 16.2 Å². The Balaban J connectivity index is 1.99. The van der Waals surface area contributed by atoms with Crippen molar-refractivity contribution < 1.29 is 14.3 Å². The van der Waals surface area contributed by atoms with Crippen molar-refractivity contribution in [3.8, 4) is 5.75 Å². The Bertz CT molecular complexity index is 498. The van der Waals surface area contributed by atoms with E-state index in [0.717, 1.165) is 12.8 Å². The van der Waals surface area contributed by atoms with Gasteiger partial charge in [0.2, 0.25) is 5.91 Å². The summed E-state index contributed by atoms with van der Waals surface area (Å²) in [6.45, 7) is 0.167. The van der Waals surface area contributed by atoms with Gasteiger partial charge in [0, 0.05) is 18.3 Å². The van der Waals surface area contributed by atoms with Crippen molar-refractivity contribution in [2.24, 2.45) is 16.9 Å². The Morgan fingerprint density at radius 1 is 1.37 bits per heavy atom. The van der Waals surface area contributed by atoms with Gasteiger partial charge in [0.15, 0.2) is 6.61 Å². The van der Waals surface area contributed by atoms with Crippen LogP contribution in [0.2, 0.25) is 0 Å². The fraction of sp³-hybridized carbons (Fsp3) is 0.385. The Morgan fingerprint density at radius 2 is 2.11 bits per heavy atom. The zero-order valence-corrected chi connectivity index (χ0v) is 10.5. The third kappa shape index (κ3) is 3.23. The van der Waals surface area contributed by atoms with Crippen molar-refractivity contribution in [3.63, 3.8) is 0 Å². The van der Waals surface area contributed by atoms with Crippen LogP contribution >= 0.6 is 0 Å². The first-order valence-electron chi connectivity index (χ1n) is 6.08. The van der Waals surface area contributed by atoms with E-state index in [0.29, 0.717) is 18.0 Å². The van der Waals surface area contributed by atoms with Crippen molar-refractivity contribution in [1.29, 1.82) is 0 Å². The number of primary amides is 1. The Morgan fingerprint density at radius 3 is 2.68 bits per heavy atom. The molecule has 6 nitrogen and oxygen atoms in total. The van der Waals surface area contributed by atoms with Gasteiger partial charge in [0.05, 0.1) is 5.41 Å². The number of benzene rings is 1. The lowest BCUT2D eigenvalue weighted by Crippen LogP contribution is -2.30. The molecular formula is C13H17N3O3. The molecule has 0 radical (unpaired) electrons. The molecule has 1 aromatic rings. The van der Waals surface area contributed by atoms with Crippen LogP contribution in [0.15, 0.2) is 24.3 Å². The van der Waals surface area contributed by atoms with Crippen molar-refractivity contribution >= 4 is 17.5 Å². The minimum Gasteiger partial charge on any atom is -0.484 e. The molecule has 102 valence electrons. The molecule has 0 aliphatic heterocycles. The molecule has 2 rings (SSSR count). The second-order valence-corrected chi connectivity index (χ2v) is 4.72. The molecule has 0 heterocycles. The molecule has 1 fully saturated rings. The van der Waals surface area contributed by atoms with E-state index in [1.54, 1.807) is 24.3 Å². The molecule has 1 aliphatic carbocycles. The van der Waals surface area contributed by atoms with Crippen LogP contribution < -0.4 is 21.5 Å². The van der Waals surface area contributed by atoms with Gasteiger partial charge in [-0.1, -0.05) is 6.07 Å². The summed E-state index contributed by atoms with van der Waals surface area (Å²) in [5, 5.41) is 2.81. The van der Waals surface area contributed by atoms with Gasteiger partial charge in [-0.15, -0.1) is 0 Å². The third-order valence-corrected chi connectivity index (χ3v) is 3.20. The SMILES string of the molecule is NCC1(C(=O)Nc2cccc(OCC(N)=O)c2)CC1.